The molecule has 0 aliphatic carbocycles. The van der Waals surface area contributed by atoms with Gasteiger partial charge in [0, 0.05) is 23.0 Å². The zero-order valence-corrected chi connectivity index (χ0v) is 24.4. The van der Waals surface area contributed by atoms with Crippen LogP contribution in [0.5, 0.6) is 0 Å². The zero-order chi connectivity index (χ0) is 24.4. The van der Waals surface area contributed by atoms with Gasteiger partial charge in [0.1, 0.15) is 5.78 Å². The quantitative estimate of drug-likeness (QED) is 0.137. The van der Waals surface area contributed by atoms with Gasteiger partial charge >= 0.3 is 29.0 Å². The first-order valence-electron chi connectivity index (χ1n) is 9.05. The van der Waals surface area contributed by atoms with E-state index < -0.39 is 10.8 Å². The molecule has 0 saturated heterocycles. The van der Waals surface area contributed by atoms with Crippen molar-refractivity contribution < 1.29 is 36.1 Å². The van der Waals surface area contributed by atoms with E-state index in [9.17, 15) is 14.4 Å². The molecule has 0 bridgehead atoms. The molecule has 0 fully saturated rings. The van der Waals surface area contributed by atoms with Crippen molar-refractivity contribution in [3.05, 3.63) is 30.7 Å². The molecule has 1 atom stereocenters. The molecule has 0 aromatic carbocycles. The number of carbonyl (C=O) groups is 3. The molecule has 7 heteroatoms. The first-order chi connectivity index (χ1) is 13.0. The number of hydrogen-bond acceptors (Lipinski definition) is 4. The summed E-state index contributed by atoms with van der Waals surface area (Å²) in [4.78, 5) is 31.3. The Bertz CT molecular complexity index is 655. The molecule has 0 saturated carbocycles. The second-order valence-corrected chi connectivity index (χ2v) is 7.22. The third-order valence-electron chi connectivity index (χ3n) is 3.28. The van der Waals surface area contributed by atoms with Gasteiger partial charge < -0.3 is 34.1 Å². The smallest absolute Gasteiger partial charge is 1.00 e. The summed E-state index contributed by atoms with van der Waals surface area (Å²) in [6.45, 7) is 24.4. The molecule has 0 aromatic rings. The van der Waals surface area contributed by atoms with Gasteiger partial charge in [0.15, 0.2) is 5.60 Å². The normalized spacial score (nSPS) is 9.81. The summed E-state index contributed by atoms with van der Waals surface area (Å²) in [5, 5.41) is -0.463. The van der Waals surface area contributed by atoms with Crippen LogP contribution in [0.25, 0.3) is 0 Å². The van der Waals surface area contributed by atoms with Gasteiger partial charge in [-0.15, -0.1) is 5.92 Å². The summed E-state index contributed by atoms with van der Waals surface area (Å²) in [6.07, 6.45) is 5.96. The van der Waals surface area contributed by atoms with Gasteiger partial charge in [0.25, 0.3) is 0 Å². The number of hydrogen-bond donors (Lipinski definition) is 0. The average Bonchev–Trinajstić information content (AvgIpc) is 2.56. The van der Waals surface area contributed by atoms with Gasteiger partial charge in [0.05, 0.1) is 0 Å². The molecule has 172 valence electrons. The van der Waals surface area contributed by atoms with Gasteiger partial charge in [-0.3, -0.25) is 9.59 Å². The topological polar surface area (TPSA) is 60.4 Å². The fourth-order valence-electron chi connectivity index (χ4n) is 0.816. The van der Waals surface area contributed by atoms with Gasteiger partial charge in [-0.05, 0) is 53.1 Å². The summed E-state index contributed by atoms with van der Waals surface area (Å²) < 4.78 is 5.29. The third-order valence-corrected chi connectivity index (χ3v) is 3.60. The molecule has 0 aliphatic rings. The van der Waals surface area contributed by atoms with Gasteiger partial charge in [-0.1, -0.05) is 46.8 Å². The second kappa shape index (κ2) is 25.2. The molecule has 0 N–H and O–H groups in total. The number of rotatable bonds is 5. The van der Waals surface area contributed by atoms with Crippen molar-refractivity contribution in [2.45, 2.75) is 74.8 Å². The van der Waals surface area contributed by atoms with Crippen LogP contribution in [-0.4, -0.2) is 45.6 Å². The molecule has 0 spiro atoms. The van der Waals surface area contributed by atoms with E-state index >= 15 is 0 Å². The molecule has 0 amide bonds. The molecule has 0 aromatic heterocycles. The van der Waals surface area contributed by atoms with E-state index in [0.29, 0.717) is 11.1 Å². The Morgan fingerprint density at radius 2 is 1.29 bits per heavy atom. The van der Waals surface area contributed by atoms with E-state index in [-0.39, 0.29) is 63.6 Å². The standard InChI is InChI=1S/C12H18O2.C5H10O.C4H5ClO.C3H3.BrH.Mg/c1-7-8-12(6,10(4)5)14-11(13)9(2)3;1-4(2)5(3)6;1-3(2)4(5)6;1-3-2;;/h10H,2H2,1,3-6H3;4H,1-3H3;1H2,2H3;1H3;1H;/q;;;-1;;+2/p-1. The number of ether oxygens (including phenoxy) is 1. The maximum Gasteiger partial charge on any atom is 2.00 e. The Labute approximate surface area is 221 Å². The SMILES string of the molecule is C=C(C)C(=O)Cl.C=C(C)C(=O)OC(C)(C#CC)C(C)C.CC(=O)C(C)C.[Br-].[C-]#CC.[Mg+2]. The molecule has 0 aliphatic heterocycles. The Kier molecular flexibility index (Phi) is 35.6. The van der Waals surface area contributed by atoms with E-state index in [2.05, 4.69) is 25.0 Å². The summed E-state index contributed by atoms with van der Waals surface area (Å²) in [7, 11) is 0. The van der Waals surface area contributed by atoms with Crippen molar-refractivity contribution in [1.29, 1.82) is 0 Å². The van der Waals surface area contributed by atoms with Crippen LogP contribution in [0, 0.1) is 36.0 Å². The first-order valence-corrected chi connectivity index (χ1v) is 9.43. The molecule has 0 rings (SSSR count). The van der Waals surface area contributed by atoms with E-state index in [4.69, 9.17) is 22.8 Å². The van der Waals surface area contributed by atoms with Gasteiger partial charge in [-0.2, -0.15) is 0 Å². The minimum Gasteiger partial charge on any atom is -1.00 e. The summed E-state index contributed by atoms with van der Waals surface area (Å²) in [6, 6.07) is 0. The number of esters is 1. The van der Waals surface area contributed by atoms with Crippen molar-refractivity contribution >= 4 is 51.6 Å². The monoisotopic (exact) mass is 526 g/mol. The Balaban J connectivity index is -0.0000000773. The maximum absolute atomic E-state index is 11.3. The minimum atomic E-state index is -0.717. The van der Waals surface area contributed by atoms with Crippen molar-refractivity contribution in [2.75, 3.05) is 0 Å². The first kappa shape index (κ1) is 43.8. The average molecular weight is 528 g/mol. The van der Waals surface area contributed by atoms with Crippen molar-refractivity contribution in [1.82, 2.24) is 0 Å². The van der Waals surface area contributed by atoms with E-state index in [0.717, 1.165) is 0 Å². The van der Waals surface area contributed by atoms with Crippen LogP contribution in [0.15, 0.2) is 24.3 Å². The number of halogens is 2. The maximum atomic E-state index is 11.3. The van der Waals surface area contributed by atoms with Crippen molar-refractivity contribution in [3.63, 3.8) is 0 Å². The van der Waals surface area contributed by atoms with Crippen LogP contribution >= 0.6 is 11.6 Å². The Morgan fingerprint density at radius 1 is 1.00 bits per heavy atom. The zero-order valence-electron chi connectivity index (χ0n) is 20.7. The molecular formula is C24H36BrClMgO4. The summed E-state index contributed by atoms with van der Waals surface area (Å²) >= 11 is 4.87. The van der Waals surface area contributed by atoms with Crippen LogP contribution < -0.4 is 17.0 Å². The van der Waals surface area contributed by atoms with Crippen LogP contribution in [0.1, 0.15) is 69.2 Å². The van der Waals surface area contributed by atoms with E-state index in [1.54, 1.807) is 34.6 Å². The summed E-state index contributed by atoms with van der Waals surface area (Å²) in [5.41, 5.74) is 0.0663. The molecule has 0 radical (unpaired) electrons. The number of ketones is 1. The second-order valence-electron chi connectivity index (χ2n) is 6.88. The number of carbonyl (C=O) groups excluding carboxylic acids is 3. The van der Waals surface area contributed by atoms with Crippen molar-refractivity contribution in [2.24, 2.45) is 11.8 Å². The molecule has 4 nitrogen and oxygen atoms in total. The molecule has 0 heterocycles. The van der Waals surface area contributed by atoms with Crippen LogP contribution in [-0.2, 0) is 19.1 Å². The van der Waals surface area contributed by atoms with E-state index in [1.165, 1.54) is 0 Å². The van der Waals surface area contributed by atoms with Gasteiger partial charge in [0.2, 0.25) is 5.24 Å². The fourth-order valence-corrected chi connectivity index (χ4v) is 0.816. The Hall–Kier alpha value is -1.05. The third kappa shape index (κ3) is 31.2. The van der Waals surface area contributed by atoms with Crippen LogP contribution in [0.2, 0.25) is 0 Å². The number of allylic oxidation sites excluding steroid dienone is 1. The predicted molar refractivity (Wildman–Crippen MR) is 127 cm³/mol. The minimum absolute atomic E-state index is 0. The summed E-state index contributed by atoms with van der Waals surface area (Å²) in [5.74, 6) is 7.93. The Morgan fingerprint density at radius 3 is 1.42 bits per heavy atom. The molecule has 1 unspecified atom stereocenters. The molecule has 31 heavy (non-hydrogen) atoms. The fraction of sp³-hybridized carbons (Fsp3) is 0.542. The van der Waals surface area contributed by atoms with Gasteiger partial charge in [-0.25, -0.2) is 4.79 Å². The van der Waals surface area contributed by atoms with Crippen molar-refractivity contribution in [3.8, 4) is 17.8 Å². The molecular weight excluding hydrogens is 492 g/mol. The largest absolute Gasteiger partial charge is 2.00 e. The number of Topliss-reactive ketones (excluding diaryl/α,β-unsaturated/α-hetero) is 1. The predicted octanol–water partition coefficient (Wildman–Crippen LogP) is 2.32. The van der Waals surface area contributed by atoms with E-state index in [1.807, 2.05) is 40.5 Å². The van der Waals surface area contributed by atoms with Crippen LogP contribution in [0.4, 0.5) is 0 Å². The van der Waals surface area contributed by atoms with Crippen LogP contribution in [0.3, 0.4) is 0 Å².